The third-order valence-corrected chi connectivity index (χ3v) is 5.55. The van der Waals surface area contributed by atoms with Crippen molar-refractivity contribution >= 4 is 29.9 Å². The molecule has 1 N–H and O–H groups in total. The third kappa shape index (κ3) is 5.85. The molecule has 2 atom stereocenters. The zero-order chi connectivity index (χ0) is 19.9. The van der Waals surface area contributed by atoms with Gasteiger partial charge in [-0.25, -0.2) is 0 Å². The van der Waals surface area contributed by atoms with E-state index in [0.29, 0.717) is 5.92 Å². The van der Waals surface area contributed by atoms with E-state index in [1.165, 1.54) is 11.1 Å². The molecule has 0 spiro atoms. The molecule has 0 saturated carbocycles. The molecular formula is C23H33IN4O. The van der Waals surface area contributed by atoms with Crippen molar-refractivity contribution < 1.29 is 4.74 Å². The molecular weight excluding hydrogens is 475 g/mol. The molecule has 0 aromatic heterocycles. The van der Waals surface area contributed by atoms with Crippen molar-refractivity contribution in [2.75, 3.05) is 47.9 Å². The quantitative estimate of drug-likeness (QED) is 0.364. The highest BCUT2D eigenvalue weighted by Crippen LogP contribution is 2.29. The van der Waals surface area contributed by atoms with E-state index >= 15 is 0 Å². The maximum Gasteiger partial charge on any atom is 0.193 e. The van der Waals surface area contributed by atoms with Crippen LogP contribution in [0.3, 0.4) is 0 Å². The second kappa shape index (κ2) is 11.4. The highest BCUT2D eigenvalue weighted by molar-refractivity contribution is 14.0. The monoisotopic (exact) mass is 508 g/mol. The van der Waals surface area contributed by atoms with Gasteiger partial charge >= 0.3 is 0 Å². The van der Waals surface area contributed by atoms with Gasteiger partial charge in [0.2, 0.25) is 0 Å². The summed E-state index contributed by atoms with van der Waals surface area (Å²) in [6.45, 7) is 2.80. The number of likely N-dealkylation sites (N-methyl/N-ethyl adjacent to an activating group) is 1. The average molecular weight is 508 g/mol. The van der Waals surface area contributed by atoms with Crippen molar-refractivity contribution in [2.24, 2.45) is 4.99 Å². The highest BCUT2D eigenvalue weighted by atomic mass is 127. The molecule has 0 amide bonds. The molecule has 0 radical (unpaired) electrons. The van der Waals surface area contributed by atoms with Crippen LogP contribution in [0.25, 0.3) is 0 Å². The summed E-state index contributed by atoms with van der Waals surface area (Å²) in [6, 6.07) is 19.2. The number of guanidine groups is 1. The van der Waals surface area contributed by atoms with Gasteiger partial charge < -0.3 is 19.9 Å². The second-order valence-corrected chi connectivity index (χ2v) is 7.49. The van der Waals surface area contributed by atoms with Crippen LogP contribution in [0.2, 0.25) is 0 Å². The van der Waals surface area contributed by atoms with Gasteiger partial charge in [0, 0.05) is 38.2 Å². The molecule has 29 heavy (non-hydrogen) atoms. The lowest BCUT2D eigenvalue weighted by Gasteiger charge is -2.29. The Morgan fingerprint density at radius 2 is 1.86 bits per heavy atom. The minimum atomic E-state index is 0. The number of ether oxygens (including phenoxy) is 1. The van der Waals surface area contributed by atoms with Crippen LogP contribution in [-0.2, 0) is 0 Å². The summed E-state index contributed by atoms with van der Waals surface area (Å²) >= 11 is 0. The Kier molecular flexibility index (Phi) is 9.23. The number of benzene rings is 2. The largest absolute Gasteiger partial charge is 0.496 e. The fourth-order valence-corrected chi connectivity index (χ4v) is 3.98. The fraction of sp³-hybridized carbons (Fsp3) is 0.435. The van der Waals surface area contributed by atoms with Crippen LogP contribution in [-0.4, -0.2) is 63.6 Å². The first kappa shape index (κ1) is 23.5. The summed E-state index contributed by atoms with van der Waals surface area (Å²) < 4.78 is 5.58. The van der Waals surface area contributed by atoms with E-state index in [9.17, 15) is 0 Å². The normalized spacial score (nSPS) is 17.8. The van der Waals surface area contributed by atoms with Crippen molar-refractivity contribution in [3.63, 3.8) is 0 Å². The molecule has 3 rings (SSSR count). The molecule has 0 bridgehead atoms. The first-order valence-corrected chi connectivity index (χ1v) is 9.94. The summed E-state index contributed by atoms with van der Waals surface area (Å²) in [5, 5.41) is 3.59. The number of aliphatic imine (C=N–C) groups is 1. The number of hydrogen-bond donors (Lipinski definition) is 1. The third-order valence-electron chi connectivity index (χ3n) is 5.55. The summed E-state index contributed by atoms with van der Waals surface area (Å²) in [6.07, 6.45) is 1.16. The number of methoxy groups -OCH3 is 1. The molecule has 1 heterocycles. The molecule has 0 aliphatic carbocycles. The molecule has 1 saturated heterocycles. The minimum Gasteiger partial charge on any atom is -0.496 e. The van der Waals surface area contributed by atoms with Gasteiger partial charge in [-0.3, -0.25) is 4.99 Å². The Hall–Kier alpha value is -1.80. The Morgan fingerprint density at radius 1 is 1.17 bits per heavy atom. The number of halogens is 1. The standard InChI is InChI=1S/C23H32N4O.HI/c1-24-23(27-15-14-19(17-27)18-10-6-5-7-11-18)25-16-21(26(2)3)20-12-8-9-13-22(20)28-4;/h5-13,19,21H,14-17H2,1-4H3,(H,24,25);1H. The first-order valence-electron chi connectivity index (χ1n) is 9.94. The van der Waals surface area contributed by atoms with Crippen molar-refractivity contribution in [3.05, 3.63) is 65.7 Å². The molecule has 2 aromatic carbocycles. The molecule has 2 aromatic rings. The predicted molar refractivity (Wildman–Crippen MR) is 132 cm³/mol. The van der Waals surface area contributed by atoms with Crippen molar-refractivity contribution in [3.8, 4) is 5.75 Å². The van der Waals surface area contributed by atoms with Crippen LogP contribution in [0.5, 0.6) is 5.75 Å². The Morgan fingerprint density at radius 3 is 2.52 bits per heavy atom. The number of para-hydroxylation sites is 1. The molecule has 2 unspecified atom stereocenters. The fourth-order valence-electron chi connectivity index (χ4n) is 3.98. The van der Waals surface area contributed by atoms with Gasteiger partial charge in [-0.1, -0.05) is 48.5 Å². The van der Waals surface area contributed by atoms with Crippen molar-refractivity contribution in [1.29, 1.82) is 0 Å². The molecule has 6 heteroatoms. The van der Waals surface area contributed by atoms with Crippen LogP contribution < -0.4 is 10.1 Å². The average Bonchev–Trinajstić information content (AvgIpc) is 3.22. The second-order valence-electron chi connectivity index (χ2n) is 7.49. The van der Waals surface area contributed by atoms with Gasteiger partial charge in [0.25, 0.3) is 0 Å². The number of hydrogen-bond acceptors (Lipinski definition) is 3. The van der Waals surface area contributed by atoms with E-state index in [1.54, 1.807) is 7.11 Å². The number of nitrogens with zero attached hydrogens (tertiary/aromatic N) is 3. The van der Waals surface area contributed by atoms with Crippen LogP contribution in [0.1, 0.15) is 29.5 Å². The molecule has 1 aliphatic rings. The molecule has 1 aliphatic heterocycles. The summed E-state index contributed by atoms with van der Waals surface area (Å²) in [5.74, 6) is 2.46. The number of nitrogens with one attached hydrogen (secondary N) is 1. The SMILES string of the molecule is CN=C(NCC(c1ccccc1OC)N(C)C)N1CCC(c2ccccc2)C1.I. The van der Waals surface area contributed by atoms with E-state index in [4.69, 9.17) is 4.74 Å². The zero-order valence-electron chi connectivity index (χ0n) is 17.8. The van der Waals surface area contributed by atoms with Crippen LogP contribution in [0.15, 0.2) is 59.6 Å². The van der Waals surface area contributed by atoms with Crippen LogP contribution >= 0.6 is 24.0 Å². The number of likely N-dealkylation sites (tertiary alicyclic amines) is 1. The van der Waals surface area contributed by atoms with Gasteiger partial charge in [-0.2, -0.15) is 0 Å². The molecule has 5 nitrogen and oxygen atoms in total. The maximum atomic E-state index is 5.58. The van der Waals surface area contributed by atoms with E-state index < -0.39 is 0 Å². The summed E-state index contributed by atoms with van der Waals surface area (Å²) in [7, 11) is 7.80. The van der Waals surface area contributed by atoms with Crippen molar-refractivity contribution in [2.45, 2.75) is 18.4 Å². The van der Waals surface area contributed by atoms with Gasteiger partial charge in [0.05, 0.1) is 13.2 Å². The zero-order valence-corrected chi connectivity index (χ0v) is 20.2. The Bertz CT molecular complexity index is 781. The Labute approximate surface area is 192 Å². The maximum absolute atomic E-state index is 5.58. The van der Waals surface area contributed by atoms with E-state index in [0.717, 1.165) is 37.8 Å². The van der Waals surface area contributed by atoms with Gasteiger partial charge in [0.15, 0.2) is 5.96 Å². The van der Waals surface area contributed by atoms with Crippen LogP contribution in [0.4, 0.5) is 0 Å². The predicted octanol–water partition coefficient (Wildman–Crippen LogP) is 3.98. The molecule has 158 valence electrons. The Balaban J connectivity index is 0.00000300. The van der Waals surface area contributed by atoms with E-state index in [-0.39, 0.29) is 30.0 Å². The highest BCUT2D eigenvalue weighted by Gasteiger charge is 2.27. The van der Waals surface area contributed by atoms with Crippen LogP contribution in [0, 0.1) is 0 Å². The van der Waals surface area contributed by atoms with E-state index in [1.807, 2.05) is 19.2 Å². The summed E-state index contributed by atoms with van der Waals surface area (Å²) in [5.41, 5.74) is 2.60. The lowest BCUT2D eigenvalue weighted by atomic mass is 9.99. The minimum absolute atomic E-state index is 0. The lowest BCUT2D eigenvalue weighted by molar-refractivity contribution is 0.285. The topological polar surface area (TPSA) is 40.1 Å². The van der Waals surface area contributed by atoms with Gasteiger partial charge in [0.1, 0.15) is 5.75 Å². The van der Waals surface area contributed by atoms with Gasteiger partial charge in [-0.05, 0) is 32.1 Å². The first-order chi connectivity index (χ1) is 13.6. The summed E-state index contributed by atoms with van der Waals surface area (Å²) in [4.78, 5) is 9.13. The number of rotatable bonds is 6. The van der Waals surface area contributed by atoms with E-state index in [2.05, 4.69) is 76.7 Å². The van der Waals surface area contributed by atoms with Crippen molar-refractivity contribution in [1.82, 2.24) is 15.1 Å². The van der Waals surface area contributed by atoms with Gasteiger partial charge in [-0.15, -0.1) is 24.0 Å². The lowest BCUT2D eigenvalue weighted by Crippen LogP contribution is -2.43. The smallest absolute Gasteiger partial charge is 0.193 e. The molecule has 1 fully saturated rings.